The lowest BCUT2D eigenvalue weighted by atomic mass is 10.1. The Hall–Kier alpha value is -1.03. The van der Waals surface area contributed by atoms with Crippen LogP contribution in [0.25, 0.3) is 0 Å². The van der Waals surface area contributed by atoms with Gasteiger partial charge in [0.1, 0.15) is 0 Å². The van der Waals surface area contributed by atoms with Crippen molar-refractivity contribution in [3.63, 3.8) is 0 Å². The summed E-state index contributed by atoms with van der Waals surface area (Å²) in [5.74, 6) is 0.662. The molecule has 2 heterocycles. The van der Waals surface area contributed by atoms with Gasteiger partial charge in [0.2, 0.25) is 0 Å². The maximum atomic E-state index is 5.70. The molecule has 0 saturated carbocycles. The first-order valence-electron chi connectivity index (χ1n) is 5.72. The SMILES string of the molecule is CCc1nn(C)cc1N1CCC(CN)C1. The van der Waals surface area contributed by atoms with Gasteiger partial charge < -0.3 is 10.6 Å². The van der Waals surface area contributed by atoms with Gasteiger partial charge in [-0.1, -0.05) is 6.92 Å². The van der Waals surface area contributed by atoms with E-state index in [1.54, 1.807) is 0 Å². The van der Waals surface area contributed by atoms with Crippen molar-refractivity contribution in [1.82, 2.24) is 9.78 Å². The van der Waals surface area contributed by atoms with Crippen molar-refractivity contribution in [1.29, 1.82) is 0 Å². The smallest absolute Gasteiger partial charge is 0.0855 e. The zero-order valence-electron chi connectivity index (χ0n) is 9.61. The summed E-state index contributed by atoms with van der Waals surface area (Å²) in [5, 5.41) is 4.47. The second-order valence-corrected chi connectivity index (χ2v) is 4.32. The lowest BCUT2D eigenvalue weighted by molar-refractivity contribution is 0.602. The molecular weight excluding hydrogens is 188 g/mol. The highest BCUT2D eigenvalue weighted by Gasteiger charge is 2.24. The average Bonchev–Trinajstić information content (AvgIpc) is 2.82. The zero-order chi connectivity index (χ0) is 10.8. The summed E-state index contributed by atoms with van der Waals surface area (Å²) in [7, 11) is 1.99. The van der Waals surface area contributed by atoms with Gasteiger partial charge in [-0.05, 0) is 25.3 Å². The van der Waals surface area contributed by atoms with Crippen LogP contribution < -0.4 is 10.6 Å². The van der Waals surface area contributed by atoms with E-state index in [1.807, 2.05) is 11.7 Å². The van der Waals surface area contributed by atoms with Gasteiger partial charge in [-0.2, -0.15) is 5.10 Å². The molecule has 0 radical (unpaired) electrons. The van der Waals surface area contributed by atoms with Crippen LogP contribution in [0.5, 0.6) is 0 Å². The fourth-order valence-electron chi connectivity index (χ4n) is 2.28. The van der Waals surface area contributed by atoms with Crippen molar-refractivity contribution in [3.05, 3.63) is 11.9 Å². The van der Waals surface area contributed by atoms with Gasteiger partial charge in [-0.15, -0.1) is 0 Å². The van der Waals surface area contributed by atoms with E-state index in [0.717, 1.165) is 26.1 Å². The van der Waals surface area contributed by atoms with Gasteiger partial charge in [-0.25, -0.2) is 0 Å². The molecule has 0 aromatic carbocycles. The molecule has 84 valence electrons. The fraction of sp³-hybridized carbons (Fsp3) is 0.727. The Morgan fingerprint density at radius 2 is 2.40 bits per heavy atom. The van der Waals surface area contributed by atoms with Gasteiger partial charge in [0.05, 0.1) is 11.4 Å². The van der Waals surface area contributed by atoms with Crippen molar-refractivity contribution < 1.29 is 0 Å². The van der Waals surface area contributed by atoms with Crippen LogP contribution in [-0.2, 0) is 13.5 Å². The highest BCUT2D eigenvalue weighted by molar-refractivity contribution is 5.50. The summed E-state index contributed by atoms with van der Waals surface area (Å²) in [5.41, 5.74) is 8.21. The normalized spacial score (nSPS) is 21.3. The van der Waals surface area contributed by atoms with Gasteiger partial charge in [-0.3, -0.25) is 4.68 Å². The summed E-state index contributed by atoms with van der Waals surface area (Å²) in [6.07, 6.45) is 4.34. The van der Waals surface area contributed by atoms with E-state index in [-0.39, 0.29) is 0 Å². The molecular formula is C11H20N4. The molecule has 1 aliphatic rings. The maximum Gasteiger partial charge on any atom is 0.0855 e. The second-order valence-electron chi connectivity index (χ2n) is 4.32. The Kier molecular flexibility index (Phi) is 2.95. The van der Waals surface area contributed by atoms with Gasteiger partial charge in [0.15, 0.2) is 0 Å². The Bertz CT molecular complexity index is 331. The Balaban J connectivity index is 2.15. The van der Waals surface area contributed by atoms with E-state index < -0.39 is 0 Å². The predicted molar refractivity (Wildman–Crippen MR) is 62.0 cm³/mol. The van der Waals surface area contributed by atoms with Crippen molar-refractivity contribution in [2.75, 3.05) is 24.5 Å². The average molecular weight is 208 g/mol. The second kappa shape index (κ2) is 4.23. The molecule has 15 heavy (non-hydrogen) atoms. The molecule has 1 aliphatic heterocycles. The minimum absolute atomic E-state index is 0.662. The number of anilines is 1. The molecule has 2 rings (SSSR count). The van der Waals surface area contributed by atoms with Crippen LogP contribution in [0, 0.1) is 5.92 Å². The van der Waals surface area contributed by atoms with Crippen LogP contribution in [0.15, 0.2) is 6.20 Å². The van der Waals surface area contributed by atoms with Crippen LogP contribution in [0.4, 0.5) is 5.69 Å². The first-order valence-corrected chi connectivity index (χ1v) is 5.72. The number of hydrogen-bond donors (Lipinski definition) is 1. The van der Waals surface area contributed by atoms with Crippen molar-refractivity contribution in [2.45, 2.75) is 19.8 Å². The Labute approximate surface area is 91.1 Å². The van der Waals surface area contributed by atoms with Crippen LogP contribution >= 0.6 is 0 Å². The molecule has 0 amide bonds. The van der Waals surface area contributed by atoms with Crippen LogP contribution in [0.3, 0.4) is 0 Å². The van der Waals surface area contributed by atoms with Crippen LogP contribution in [0.1, 0.15) is 19.0 Å². The lowest BCUT2D eigenvalue weighted by Crippen LogP contribution is -2.23. The molecule has 1 aromatic rings. The Morgan fingerprint density at radius 1 is 1.60 bits per heavy atom. The molecule has 4 nitrogen and oxygen atoms in total. The van der Waals surface area contributed by atoms with E-state index >= 15 is 0 Å². The summed E-state index contributed by atoms with van der Waals surface area (Å²) < 4.78 is 1.91. The zero-order valence-corrected chi connectivity index (χ0v) is 9.61. The minimum Gasteiger partial charge on any atom is -0.368 e. The minimum atomic E-state index is 0.662. The Morgan fingerprint density at radius 3 is 3.00 bits per heavy atom. The van der Waals surface area contributed by atoms with Crippen LogP contribution in [0.2, 0.25) is 0 Å². The molecule has 0 spiro atoms. The quantitative estimate of drug-likeness (QED) is 0.798. The molecule has 1 saturated heterocycles. The number of hydrogen-bond acceptors (Lipinski definition) is 3. The van der Waals surface area contributed by atoms with E-state index in [4.69, 9.17) is 5.73 Å². The third kappa shape index (κ3) is 2.00. The van der Waals surface area contributed by atoms with Crippen LogP contribution in [-0.4, -0.2) is 29.4 Å². The molecule has 1 atom stereocenters. The molecule has 1 unspecified atom stereocenters. The molecule has 1 fully saturated rings. The summed E-state index contributed by atoms with van der Waals surface area (Å²) >= 11 is 0. The standard InChI is InChI=1S/C11H20N4/c1-3-10-11(8-14(2)13-10)15-5-4-9(6-12)7-15/h8-9H,3-7,12H2,1-2H3. The number of nitrogens with zero attached hydrogens (tertiary/aromatic N) is 3. The van der Waals surface area contributed by atoms with Crippen molar-refractivity contribution in [3.8, 4) is 0 Å². The van der Waals surface area contributed by atoms with E-state index in [0.29, 0.717) is 5.92 Å². The van der Waals surface area contributed by atoms with Gasteiger partial charge in [0.25, 0.3) is 0 Å². The fourth-order valence-corrected chi connectivity index (χ4v) is 2.28. The monoisotopic (exact) mass is 208 g/mol. The van der Waals surface area contributed by atoms with Gasteiger partial charge >= 0.3 is 0 Å². The van der Waals surface area contributed by atoms with Crippen molar-refractivity contribution in [2.24, 2.45) is 18.7 Å². The van der Waals surface area contributed by atoms with E-state index in [1.165, 1.54) is 17.8 Å². The number of aryl methyl sites for hydroxylation is 2. The maximum absolute atomic E-state index is 5.70. The third-order valence-electron chi connectivity index (χ3n) is 3.18. The largest absolute Gasteiger partial charge is 0.368 e. The predicted octanol–water partition coefficient (Wildman–Crippen LogP) is 0.768. The third-order valence-corrected chi connectivity index (χ3v) is 3.18. The molecule has 1 aromatic heterocycles. The van der Waals surface area contributed by atoms with Gasteiger partial charge in [0, 0.05) is 26.3 Å². The molecule has 0 bridgehead atoms. The van der Waals surface area contributed by atoms with E-state index in [9.17, 15) is 0 Å². The molecule has 0 aliphatic carbocycles. The first-order chi connectivity index (χ1) is 7.24. The summed E-state index contributed by atoms with van der Waals surface area (Å²) in [4.78, 5) is 2.42. The summed E-state index contributed by atoms with van der Waals surface area (Å²) in [6, 6.07) is 0. The first kappa shape index (κ1) is 10.5. The topological polar surface area (TPSA) is 47.1 Å². The lowest BCUT2D eigenvalue weighted by Gasteiger charge is -2.17. The highest BCUT2D eigenvalue weighted by Crippen LogP contribution is 2.26. The van der Waals surface area contributed by atoms with E-state index in [2.05, 4.69) is 23.1 Å². The van der Waals surface area contributed by atoms with Crippen molar-refractivity contribution >= 4 is 5.69 Å². The number of aromatic nitrogens is 2. The highest BCUT2D eigenvalue weighted by atomic mass is 15.3. The molecule has 4 heteroatoms. The molecule has 2 N–H and O–H groups in total. The number of rotatable bonds is 3. The summed E-state index contributed by atoms with van der Waals surface area (Å²) in [6.45, 7) is 5.18. The number of nitrogens with two attached hydrogens (primary N) is 1.